The lowest BCUT2D eigenvalue weighted by Crippen LogP contribution is -2.45. The third-order valence-corrected chi connectivity index (χ3v) is 7.62. The van der Waals surface area contributed by atoms with Crippen molar-refractivity contribution in [2.24, 2.45) is 0 Å². The zero-order chi connectivity index (χ0) is 36.4. The van der Waals surface area contributed by atoms with Gasteiger partial charge in [0, 0.05) is 6.42 Å². The highest BCUT2D eigenvalue weighted by Crippen LogP contribution is 2.07. The molecule has 0 bridgehead atoms. The van der Waals surface area contributed by atoms with E-state index in [2.05, 4.69) is 141 Å². The molecule has 2 unspecified atom stereocenters. The summed E-state index contributed by atoms with van der Waals surface area (Å²) in [4.78, 5) is 12.1. The zero-order valence-corrected chi connectivity index (χ0v) is 31.6. The molecule has 3 N–H and O–H groups in total. The Hall–Kier alpha value is -3.47. The van der Waals surface area contributed by atoms with Gasteiger partial charge < -0.3 is 15.5 Å². The summed E-state index contributed by atoms with van der Waals surface area (Å²) in [6.45, 7) is 3.95. The van der Waals surface area contributed by atoms with Crippen LogP contribution in [0.15, 0.2) is 134 Å². The van der Waals surface area contributed by atoms with Crippen LogP contribution in [0.4, 0.5) is 0 Å². The van der Waals surface area contributed by atoms with Gasteiger partial charge in [0.15, 0.2) is 0 Å². The molecule has 0 aromatic carbocycles. The van der Waals surface area contributed by atoms with Gasteiger partial charge in [-0.25, -0.2) is 0 Å². The molecular weight excluding hydrogens is 615 g/mol. The van der Waals surface area contributed by atoms with Crippen LogP contribution < -0.4 is 5.32 Å². The number of carbonyl (C=O) groups excluding carboxylic acids is 1. The van der Waals surface area contributed by atoms with Gasteiger partial charge in [-0.2, -0.15) is 0 Å². The van der Waals surface area contributed by atoms with Gasteiger partial charge in [0.2, 0.25) is 5.91 Å². The Kier molecular flexibility index (Phi) is 37.2. The summed E-state index contributed by atoms with van der Waals surface area (Å²) >= 11 is 0. The number of hydrogen-bond donors (Lipinski definition) is 3. The summed E-state index contributed by atoms with van der Waals surface area (Å²) in [6, 6.07) is -0.641. The molecule has 4 nitrogen and oxygen atoms in total. The first kappa shape index (κ1) is 46.5. The SMILES string of the molecule is CC/C=C\C/C=C\C/C=C\C/C=C\C/C=C\C/C=C\C/C=C\C/C=C\C/C=C\C/C=C\CCCCCCC(=O)NC(CO)C(O)/C=C/CCC. The van der Waals surface area contributed by atoms with E-state index in [9.17, 15) is 15.0 Å². The Morgan fingerprint density at radius 1 is 0.500 bits per heavy atom. The minimum Gasteiger partial charge on any atom is -0.394 e. The van der Waals surface area contributed by atoms with E-state index in [1.54, 1.807) is 6.08 Å². The largest absolute Gasteiger partial charge is 0.394 e. The van der Waals surface area contributed by atoms with Gasteiger partial charge in [0.1, 0.15) is 0 Å². The topological polar surface area (TPSA) is 69.6 Å². The molecule has 0 saturated heterocycles. The second-order valence-electron chi connectivity index (χ2n) is 12.3. The molecule has 0 aliphatic carbocycles. The molecule has 0 heterocycles. The quantitative estimate of drug-likeness (QED) is 0.0487. The van der Waals surface area contributed by atoms with Gasteiger partial charge in [-0.15, -0.1) is 0 Å². The predicted octanol–water partition coefficient (Wildman–Crippen LogP) is 12.0. The number of aliphatic hydroxyl groups is 2. The fourth-order valence-electron chi connectivity index (χ4n) is 4.68. The van der Waals surface area contributed by atoms with Crippen molar-refractivity contribution in [2.45, 2.75) is 142 Å². The summed E-state index contributed by atoms with van der Waals surface area (Å²) in [5.74, 6) is -0.109. The molecule has 0 rings (SSSR count). The van der Waals surface area contributed by atoms with Gasteiger partial charge in [-0.05, 0) is 89.9 Å². The highest BCUT2D eigenvalue weighted by molar-refractivity contribution is 5.76. The molecule has 0 aliphatic rings. The maximum Gasteiger partial charge on any atom is 0.220 e. The van der Waals surface area contributed by atoms with Crippen molar-refractivity contribution in [2.75, 3.05) is 6.61 Å². The van der Waals surface area contributed by atoms with Crippen LogP contribution in [0.3, 0.4) is 0 Å². The molecule has 50 heavy (non-hydrogen) atoms. The maximum absolute atomic E-state index is 12.1. The van der Waals surface area contributed by atoms with Crippen LogP contribution >= 0.6 is 0 Å². The van der Waals surface area contributed by atoms with Gasteiger partial charge >= 0.3 is 0 Å². The number of allylic oxidation sites excluding steroid dienone is 21. The number of aliphatic hydroxyl groups excluding tert-OH is 2. The summed E-state index contributed by atoms with van der Waals surface area (Å²) in [7, 11) is 0. The minimum absolute atomic E-state index is 0.109. The molecule has 0 fully saturated rings. The van der Waals surface area contributed by atoms with Crippen molar-refractivity contribution in [3.63, 3.8) is 0 Å². The maximum atomic E-state index is 12.1. The van der Waals surface area contributed by atoms with Crippen molar-refractivity contribution in [1.82, 2.24) is 5.32 Å². The van der Waals surface area contributed by atoms with E-state index in [0.717, 1.165) is 109 Å². The Morgan fingerprint density at radius 2 is 0.880 bits per heavy atom. The van der Waals surface area contributed by atoms with Crippen LogP contribution in [-0.2, 0) is 4.79 Å². The molecule has 2 atom stereocenters. The average Bonchev–Trinajstić information content (AvgIpc) is 3.12. The molecule has 0 saturated carbocycles. The highest BCUT2D eigenvalue weighted by atomic mass is 16.3. The Morgan fingerprint density at radius 3 is 1.26 bits per heavy atom. The fraction of sp³-hybridized carbons (Fsp3) is 0.500. The first-order valence-corrected chi connectivity index (χ1v) is 19.4. The standard InChI is InChI=1S/C46H71NO3/c1-3-5-7-8-9-10-11-12-13-14-15-16-17-18-19-20-21-22-23-24-25-26-27-28-29-30-31-32-33-34-35-36-37-38-40-42-46(50)47-44(43-48)45(49)41-39-6-4-2/h5,7,9-10,12-13,15-16,18-19,21-22,24-25,27-28,30-31,33-34,39,41,44-45,48-49H,3-4,6,8,11,14,17,20,23,26,29,32,35-38,40,42-43H2,1-2H3,(H,47,50)/b7-5-,10-9-,13-12-,16-15-,19-18-,22-21-,25-24-,28-27-,31-30-,34-33-,41-39+. The summed E-state index contributed by atoms with van der Waals surface area (Å²) in [6.07, 6.45) is 64.7. The molecule has 0 aromatic rings. The number of rotatable bonds is 32. The molecule has 4 heteroatoms. The van der Waals surface area contributed by atoms with Gasteiger partial charge in [0.25, 0.3) is 0 Å². The van der Waals surface area contributed by atoms with E-state index in [-0.39, 0.29) is 12.5 Å². The number of unbranched alkanes of at least 4 members (excludes halogenated alkanes) is 5. The lowest BCUT2D eigenvalue weighted by Gasteiger charge is -2.19. The Bertz CT molecular complexity index is 1100. The van der Waals surface area contributed by atoms with Gasteiger partial charge in [-0.1, -0.05) is 167 Å². The Balaban J connectivity index is 3.69. The van der Waals surface area contributed by atoms with E-state index in [0.29, 0.717) is 6.42 Å². The monoisotopic (exact) mass is 686 g/mol. The summed E-state index contributed by atoms with van der Waals surface area (Å²) in [5.41, 5.74) is 0. The number of amides is 1. The van der Waals surface area contributed by atoms with Crippen molar-refractivity contribution in [3.05, 3.63) is 134 Å². The first-order valence-electron chi connectivity index (χ1n) is 19.4. The van der Waals surface area contributed by atoms with E-state index in [1.807, 2.05) is 6.08 Å². The highest BCUT2D eigenvalue weighted by Gasteiger charge is 2.17. The third kappa shape index (κ3) is 35.8. The van der Waals surface area contributed by atoms with Crippen LogP contribution in [0.5, 0.6) is 0 Å². The van der Waals surface area contributed by atoms with Crippen LogP contribution in [0.1, 0.15) is 129 Å². The minimum atomic E-state index is -0.855. The second kappa shape index (κ2) is 40.0. The second-order valence-corrected chi connectivity index (χ2v) is 12.3. The van der Waals surface area contributed by atoms with Crippen molar-refractivity contribution >= 4 is 5.91 Å². The van der Waals surface area contributed by atoms with Crippen molar-refractivity contribution in [1.29, 1.82) is 0 Å². The predicted molar refractivity (Wildman–Crippen MR) is 220 cm³/mol. The van der Waals surface area contributed by atoms with Crippen molar-refractivity contribution < 1.29 is 15.0 Å². The van der Waals surface area contributed by atoms with E-state index >= 15 is 0 Å². The number of hydrogen-bond acceptors (Lipinski definition) is 3. The first-order chi connectivity index (χ1) is 24.7. The number of nitrogens with one attached hydrogen (secondary N) is 1. The Labute approximate surface area is 307 Å². The van der Waals surface area contributed by atoms with Gasteiger partial charge in [-0.3, -0.25) is 4.79 Å². The van der Waals surface area contributed by atoms with E-state index in [1.165, 1.54) is 0 Å². The molecule has 0 radical (unpaired) electrons. The summed E-state index contributed by atoms with van der Waals surface area (Å²) < 4.78 is 0. The molecule has 0 spiro atoms. The van der Waals surface area contributed by atoms with E-state index in [4.69, 9.17) is 0 Å². The normalized spacial score (nSPS) is 14.6. The zero-order valence-electron chi connectivity index (χ0n) is 31.6. The lowest BCUT2D eigenvalue weighted by atomic mass is 10.1. The molecule has 278 valence electrons. The third-order valence-electron chi connectivity index (χ3n) is 7.62. The van der Waals surface area contributed by atoms with Crippen LogP contribution in [0.25, 0.3) is 0 Å². The molecule has 0 aliphatic heterocycles. The molecular formula is C46H71NO3. The van der Waals surface area contributed by atoms with Crippen LogP contribution in [-0.4, -0.2) is 34.9 Å². The number of carbonyl (C=O) groups is 1. The van der Waals surface area contributed by atoms with Crippen LogP contribution in [0.2, 0.25) is 0 Å². The fourth-order valence-corrected chi connectivity index (χ4v) is 4.68. The lowest BCUT2D eigenvalue weighted by molar-refractivity contribution is -0.123. The smallest absolute Gasteiger partial charge is 0.220 e. The van der Waals surface area contributed by atoms with Crippen LogP contribution in [0, 0.1) is 0 Å². The molecule has 1 amide bonds. The summed E-state index contributed by atoms with van der Waals surface area (Å²) in [5, 5.41) is 22.3. The van der Waals surface area contributed by atoms with E-state index < -0.39 is 12.1 Å². The van der Waals surface area contributed by atoms with Crippen molar-refractivity contribution in [3.8, 4) is 0 Å². The molecule has 0 aromatic heterocycles. The van der Waals surface area contributed by atoms with Gasteiger partial charge in [0.05, 0.1) is 18.8 Å². The average molecular weight is 686 g/mol.